The minimum atomic E-state index is -0.430. The Balaban J connectivity index is 1.48. The van der Waals surface area contributed by atoms with Gasteiger partial charge in [-0.15, -0.1) is 0 Å². The second-order valence-corrected chi connectivity index (χ2v) is 5.45. The van der Waals surface area contributed by atoms with Gasteiger partial charge >= 0.3 is 6.09 Å². The largest absolute Gasteiger partial charge is 0.445 e. The third-order valence-corrected chi connectivity index (χ3v) is 3.84. The van der Waals surface area contributed by atoms with Gasteiger partial charge in [-0.05, 0) is 5.56 Å². The molecule has 2 aliphatic heterocycles. The van der Waals surface area contributed by atoms with Crippen LogP contribution in [0, 0.1) is 0 Å². The molecule has 4 rings (SSSR count). The molecule has 19 heavy (non-hydrogen) atoms. The Morgan fingerprint density at radius 1 is 1.37 bits per heavy atom. The number of carbonyl (C=O) groups is 1. The molecule has 3 fully saturated rings. The first-order valence-corrected chi connectivity index (χ1v) is 6.39. The lowest BCUT2D eigenvalue weighted by Crippen LogP contribution is -2.60. The van der Waals surface area contributed by atoms with Crippen LogP contribution in [0.3, 0.4) is 0 Å². The number of amides is 1. The van der Waals surface area contributed by atoms with E-state index < -0.39 is 11.7 Å². The van der Waals surface area contributed by atoms with Gasteiger partial charge in [0.05, 0.1) is 24.4 Å². The number of carbonyl (C=O) groups excluding carboxylic acids is 1. The van der Waals surface area contributed by atoms with Crippen molar-refractivity contribution in [2.45, 2.75) is 30.6 Å². The van der Waals surface area contributed by atoms with E-state index in [9.17, 15) is 9.90 Å². The lowest BCUT2D eigenvalue weighted by molar-refractivity contribution is -0.0499. The molecule has 2 saturated heterocycles. The van der Waals surface area contributed by atoms with E-state index in [0.29, 0.717) is 19.4 Å². The quantitative estimate of drug-likeness (QED) is 0.856. The molecule has 0 radical (unpaired) electrons. The lowest BCUT2D eigenvalue weighted by atomic mass is 9.69. The van der Waals surface area contributed by atoms with Crippen LogP contribution in [0.4, 0.5) is 4.79 Å². The van der Waals surface area contributed by atoms with Gasteiger partial charge < -0.3 is 19.9 Å². The molecule has 3 aliphatic rings. The van der Waals surface area contributed by atoms with E-state index in [0.717, 1.165) is 5.56 Å². The first kappa shape index (κ1) is 12.4. The normalized spacial score (nSPS) is 31.6. The Bertz CT molecular complexity index is 468. The number of hydrogen-bond donors (Lipinski definition) is 2. The number of hydrogen-bond acceptors (Lipinski definition) is 4. The van der Waals surface area contributed by atoms with Crippen LogP contribution in [-0.2, 0) is 16.1 Å². The van der Waals surface area contributed by atoms with Gasteiger partial charge in [0.1, 0.15) is 6.61 Å². The number of nitrogens with one attached hydrogen (secondary N) is 1. The van der Waals surface area contributed by atoms with E-state index in [-0.39, 0.29) is 18.8 Å². The molecule has 0 aromatic heterocycles. The van der Waals surface area contributed by atoms with Crippen molar-refractivity contribution in [3.05, 3.63) is 35.9 Å². The van der Waals surface area contributed by atoms with E-state index in [4.69, 9.17) is 9.47 Å². The van der Waals surface area contributed by atoms with Crippen LogP contribution < -0.4 is 5.32 Å². The molecule has 102 valence electrons. The summed E-state index contributed by atoms with van der Waals surface area (Å²) in [6, 6.07) is 9.54. The van der Waals surface area contributed by atoms with Gasteiger partial charge in [0.15, 0.2) is 0 Å². The standard InChI is InChI=1S/C14H17NO4/c16-9-14-7-13(8-14,10-19-14)15-12(17)18-6-11-4-2-1-3-5-11/h1-5,16H,6-10H2,(H,15,17). The molecule has 0 spiro atoms. The van der Waals surface area contributed by atoms with Crippen molar-refractivity contribution in [2.75, 3.05) is 13.2 Å². The fraction of sp³-hybridized carbons (Fsp3) is 0.500. The molecule has 2 bridgehead atoms. The first-order chi connectivity index (χ1) is 9.15. The van der Waals surface area contributed by atoms with E-state index in [1.165, 1.54) is 0 Å². The number of benzene rings is 1. The number of aliphatic hydroxyl groups is 1. The summed E-state index contributed by atoms with van der Waals surface area (Å²) in [4.78, 5) is 11.7. The maximum Gasteiger partial charge on any atom is 0.407 e. The predicted molar refractivity (Wildman–Crippen MR) is 67.5 cm³/mol. The Hall–Kier alpha value is -1.59. The average Bonchev–Trinajstić information content (AvgIpc) is 2.93. The van der Waals surface area contributed by atoms with Gasteiger partial charge in [0, 0.05) is 12.8 Å². The average molecular weight is 263 g/mol. The molecule has 0 atom stereocenters. The second-order valence-electron chi connectivity index (χ2n) is 5.45. The van der Waals surface area contributed by atoms with Crippen molar-refractivity contribution in [2.24, 2.45) is 0 Å². The Kier molecular flexibility index (Phi) is 2.95. The van der Waals surface area contributed by atoms with Crippen LogP contribution in [0.25, 0.3) is 0 Å². The summed E-state index contributed by atoms with van der Waals surface area (Å²) < 4.78 is 10.7. The molecular weight excluding hydrogens is 246 g/mol. The maximum absolute atomic E-state index is 11.7. The topological polar surface area (TPSA) is 67.8 Å². The number of alkyl carbamates (subject to hydrolysis) is 1. The number of fused-ring (bicyclic) bond motifs is 1. The summed E-state index contributed by atoms with van der Waals surface area (Å²) in [6.45, 7) is 0.720. The molecule has 5 nitrogen and oxygen atoms in total. The van der Waals surface area contributed by atoms with Crippen molar-refractivity contribution in [3.63, 3.8) is 0 Å². The highest BCUT2D eigenvalue weighted by molar-refractivity contribution is 5.69. The van der Waals surface area contributed by atoms with Crippen LogP contribution >= 0.6 is 0 Å². The summed E-state index contributed by atoms with van der Waals surface area (Å²) in [5.41, 5.74) is 0.194. The molecule has 5 heteroatoms. The highest BCUT2D eigenvalue weighted by Crippen LogP contribution is 2.51. The SMILES string of the molecule is O=C(NC12COC(CO)(C1)C2)OCc1ccccc1. The summed E-state index contributed by atoms with van der Waals surface area (Å²) >= 11 is 0. The van der Waals surface area contributed by atoms with Gasteiger partial charge in [0.2, 0.25) is 0 Å². The van der Waals surface area contributed by atoms with Crippen LogP contribution in [0.5, 0.6) is 0 Å². The van der Waals surface area contributed by atoms with Gasteiger partial charge in [-0.25, -0.2) is 4.79 Å². The Morgan fingerprint density at radius 3 is 2.74 bits per heavy atom. The molecule has 1 aliphatic carbocycles. The smallest absolute Gasteiger partial charge is 0.407 e. The van der Waals surface area contributed by atoms with Crippen LogP contribution in [0.1, 0.15) is 18.4 Å². The van der Waals surface area contributed by atoms with E-state index in [1.54, 1.807) is 0 Å². The van der Waals surface area contributed by atoms with E-state index >= 15 is 0 Å². The number of aliphatic hydroxyl groups excluding tert-OH is 1. The zero-order valence-corrected chi connectivity index (χ0v) is 10.6. The summed E-state index contributed by atoms with van der Waals surface area (Å²) in [5.74, 6) is 0. The first-order valence-electron chi connectivity index (χ1n) is 6.39. The third kappa shape index (κ3) is 2.31. The third-order valence-electron chi connectivity index (χ3n) is 3.84. The van der Waals surface area contributed by atoms with E-state index in [2.05, 4.69) is 5.32 Å². The van der Waals surface area contributed by atoms with Gasteiger partial charge in [-0.2, -0.15) is 0 Å². The highest BCUT2D eigenvalue weighted by atomic mass is 16.6. The minimum Gasteiger partial charge on any atom is -0.445 e. The van der Waals surface area contributed by atoms with Crippen molar-refractivity contribution < 1.29 is 19.4 Å². The zero-order chi connectivity index (χ0) is 13.3. The maximum atomic E-state index is 11.7. The highest BCUT2D eigenvalue weighted by Gasteiger charge is 2.63. The van der Waals surface area contributed by atoms with Gasteiger partial charge in [-0.3, -0.25) is 0 Å². The molecule has 1 aromatic carbocycles. The second kappa shape index (κ2) is 4.51. The van der Waals surface area contributed by atoms with Gasteiger partial charge in [0.25, 0.3) is 0 Å². The Labute approximate surface area is 111 Å². The predicted octanol–water partition coefficient (Wildman–Crippen LogP) is 1.21. The van der Waals surface area contributed by atoms with Crippen LogP contribution in [-0.4, -0.2) is 35.6 Å². The summed E-state index contributed by atoms with van der Waals surface area (Å²) in [6.07, 6.45) is 0.898. The van der Waals surface area contributed by atoms with Gasteiger partial charge in [-0.1, -0.05) is 30.3 Å². The van der Waals surface area contributed by atoms with Crippen molar-refractivity contribution >= 4 is 6.09 Å². The summed E-state index contributed by atoms with van der Waals surface area (Å²) in [7, 11) is 0. The minimum absolute atomic E-state index is 0.00942. The van der Waals surface area contributed by atoms with Crippen molar-refractivity contribution in [1.29, 1.82) is 0 Å². The number of ether oxygens (including phenoxy) is 2. The van der Waals surface area contributed by atoms with Crippen LogP contribution in [0.2, 0.25) is 0 Å². The molecule has 0 unspecified atom stereocenters. The molecule has 1 aromatic rings. The lowest BCUT2D eigenvalue weighted by Gasteiger charge is -2.43. The molecule has 1 amide bonds. The van der Waals surface area contributed by atoms with Crippen LogP contribution in [0.15, 0.2) is 30.3 Å². The zero-order valence-electron chi connectivity index (χ0n) is 10.6. The molecule has 2 heterocycles. The Morgan fingerprint density at radius 2 is 2.11 bits per heavy atom. The molecular formula is C14H17NO4. The van der Waals surface area contributed by atoms with Crippen molar-refractivity contribution in [3.8, 4) is 0 Å². The monoisotopic (exact) mass is 263 g/mol. The summed E-state index contributed by atoms with van der Waals surface area (Å²) in [5, 5.41) is 12.0. The fourth-order valence-corrected chi connectivity index (χ4v) is 2.93. The van der Waals surface area contributed by atoms with Crippen molar-refractivity contribution in [1.82, 2.24) is 5.32 Å². The molecule has 1 saturated carbocycles. The number of rotatable bonds is 4. The fourth-order valence-electron chi connectivity index (χ4n) is 2.93. The molecule has 2 N–H and O–H groups in total. The van der Waals surface area contributed by atoms with E-state index in [1.807, 2.05) is 30.3 Å².